The summed E-state index contributed by atoms with van der Waals surface area (Å²) < 4.78 is 0.829. The van der Waals surface area contributed by atoms with Crippen LogP contribution in [0.15, 0.2) is 58.4 Å². The van der Waals surface area contributed by atoms with Crippen molar-refractivity contribution in [3.8, 4) is 11.3 Å². The van der Waals surface area contributed by atoms with Crippen molar-refractivity contribution in [3.63, 3.8) is 0 Å². The lowest BCUT2D eigenvalue weighted by Gasteiger charge is -2.02. The van der Waals surface area contributed by atoms with Gasteiger partial charge in [0.05, 0.1) is 11.4 Å². The van der Waals surface area contributed by atoms with E-state index in [0.29, 0.717) is 26.6 Å². The molecule has 0 saturated heterocycles. The normalized spacial score (nSPS) is 10.9. The minimum Gasteiger partial charge on any atom is -0.301 e. The summed E-state index contributed by atoms with van der Waals surface area (Å²) in [6.07, 6.45) is 2.35. The van der Waals surface area contributed by atoms with E-state index in [1.165, 1.54) is 34.4 Å². The molecule has 4 aromatic rings. The van der Waals surface area contributed by atoms with E-state index < -0.39 is 0 Å². The molecule has 0 saturated carbocycles. The highest BCUT2D eigenvalue weighted by molar-refractivity contribution is 8.01. The Morgan fingerprint density at radius 1 is 1.06 bits per heavy atom. The lowest BCUT2D eigenvalue weighted by molar-refractivity contribution is -0.113. The lowest BCUT2D eigenvalue weighted by atomic mass is 10.1. The SMILES string of the molecule is O=C(CSc1nc(-c2ccc(Cl)cc2)cs1)Nc1ncc(Cc2cc(Cl)ccc2Cl)s1. The maximum Gasteiger partial charge on any atom is 0.236 e. The second-order valence-corrected chi connectivity index (χ2v) is 10.9. The molecule has 0 aliphatic rings. The van der Waals surface area contributed by atoms with Crippen molar-refractivity contribution in [2.45, 2.75) is 10.8 Å². The highest BCUT2D eigenvalue weighted by Crippen LogP contribution is 2.30. The summed E-state index contributed by atoms with van der Waals surface area (Å²) in [5.41, 5.74) is 2.78. The van der Waals surface area contributed by atoms with Gasteiger partial charge in [-0.05, 0) is 35.9 Å². The first-order valence-corrected chi connectivity index (χ1v) is 12.8. The molecule has 0 unspecified atom stereocenters. The van der Waals surface area contributed by atoms with Crippen LogP contribution >= 0.6 is 69.2 Å². The Bertz CT molecular complexity index is 1210. The maximum atomic E-state index is 12.3. The van der Waals surface area contributed by atoms with Gasteiger partial charge in [0.25, 0.3) is 0 Å². The molecule has 0 atom stereocenters. The summed E-state index contributed by atoms with van der Waals surface area (Å²) in [5, 5.41) is 7.34. The number of hydrogen-bond donors (Lipinski definition) is 1. The first-order chi connectivity index (χ1) is 15.0. The van der Waals surface area contributed by atoms with Crippen LogP contribution in [-0.4, -0.2) is 21.6 Å². The average molecular weight is 527 g/mol. The van der Waals surface area contributed by atoms with Crippen LogP contribution in [0.2, 0.25) is 15.1 Å². The van der Waals surface area contributed by atoms with Crippen molar-refractivity contribution in [1.82, 2.24) is 9.97 Å². The van der Waals surface area contributed by atoms with E-state index in [1.807, 2.05) is 35.7 Å². The zero-order chi connectivity index (χ0) is 21.8. The molecule has 0 fully saturated rings. The Balaban J connectivity index is 1.30. The third-order valence-electron chi connectivity index (χ3n) is 4.12. The van der Waals surface area contributed by atoms with E-state index in [4.69, 9.17) is 34.8 Å². The number of aromatic nitrogens is 2. The van der Waals surface area contributed by atoms with Crippen LogP contribution in [-0.2, 0) is 11.2 Å². The predicted octanol–water partition coefficient (Wildman–Crippen LogP) is 7.55. The van der Waals surface area contributed by atoms with Gasteiger partial charge in [0.15, 0.2) is 9.47 Å². The predicted molar refractivity (Wildman–Crippen MR) is 133 cm³/mol. The quantitative estimate of drug-likeness (QED) is 0.253. The molecule has 10 heteroatoms. The molecule has 4 rings (SSSR count). The molecular formula is C21H14Cl3N3OS3. The van der Waals surface area contributed by atoms with Gasteiger partial charge < -0.3 is 5.32 Å². The minimum absolute atomic E-state index is 0.130. The fourth-order valence-electron chi connectivity index (χ4n) is 2.67. The summed E-state index contributed by atoms with van der Waals surface area (Å²) in [6.45, 7) is 0. The standard InChI is InChI=1S/C21H14Cl3N3OS3/c22-14-3-1-12(2-4-14)18-10-29-21(26-18)30-11-19(28)27-20-25-9-16(31-20)8-13-7-15(23)5-6-17(13)24/h1-7,9-10H,8,11H2,(H,25,27,28). The van der Waals surface area contributed by atoms with E-state index in [-0.39, 0.29) is 11.7 Å². The number of halogens is 3. The monoisotopic (exact) mass is 525 g/mol. The van der Waals surface area contributed by atoms with E-state index >= 15 is 0 Å². The number of anilines is 1. The smallest absolute Gasteiger partial charge is 0.236 e. The molecule has 0 aliphatic carbocycles. The van der Waals surface area contributed by atoms with Crippen LogP contribution in [0.4, 0.5) is 5.13 Å². The first-order valence-electron chi connectivity index (χ1n) is 8.99. The molecule has 0 radical (unpaired) electrons. The molecule has 1 N–H and O–H groups in total. The van der Waals surface area contributed by atoms with Crippen LogP contribution in [0.25, 0.3) is 11.3 Å². The molecule has 2 aromatic carbocycles. The largest absolute Gasteiger partial charge is 0.301 e. The number of carbonyl (C=O) groups is 1. The Hall–Kier alpha value is -1.61. The fraction of sp³-hybridized carbons (Fsp3) is 0.0952. The van der Waals surface area contributed by atoms with E-state index in [2.05, 4.69) is 15.3 Å². The summed E-state index contributed by atoms with van der Waals surface area (Å²) in [6, 6.07) is 12.9. The summed E-state index contributed by atoms with van der Waals surface area (Å²) in [4.78, 5) is 22.2. The molecule has 31 heavy (non-hydrogen) atoms. The summed E-state index contributed by atoms with van der Waals surface area (Å²) in [5.74, 6) is 0.123. The van der Waals surface area contributed by atoms with E-state index in [0.717, 1.165) is 26.0 Å². The number of nitrogens with one attached hydrogen (secondary N) is 1. The van der Waals surface area contributed by atoms with E-state index in [9.17, 15) is 4.79 Å². The van der Waals surface area contributed by atoms with Crippen molar-refractivity contribution in [3.05, 3.63) is 79.5 Å². The maximum absolute atomic E-state index is 12.3. The Morgan fingerprint density at radius 2 is 1.84 bits per heavy atom. The lowest BCUT2D eigenvalue weighted by Crippen LogP contribution is -2.13. The molecule has 1 amide bonds. The molecule has 2 heterocycles. The van der Waals surface area contributed by atoms with Crippen molar-refractivity contribution < 1.29 is 4.79 Å². The summed E-state index contributed by atoms with van der Waals surface area (Å²) in [7, 11) is 0. The molecule has 0 bridgehead atoms. The second kappa shape index (κ2) is 10.3. The fourth-order valence-corrected chi connectivity index (χ4v) is 5.66. The van der Waals surface area contributed by atoms with Gasteiger partial charge in [-0.2, -0.15) is 0 Å². The Kier molecular flexibility index (Phi) is 7.53. The van der Waals surface area contributed by atoms with Gasteiger partial charge in [0.1, 0.15) is 0 Å². The number of benzene rings is 2. The zero-order valence-electron chi connectivity index (χ0n) is 15.8. The van der Waals surface area contributed by atoms with Gasteiger partial charge in [0, 0.05) is 43.5 Å². The van der Waals surface area contributed by atoms with Crippen LogP contribution in [0.5, 0.6) is 0 Å². The van der Waals surface area contributed by atoms with Crippen molar-refractivity contribution >= 4 is 80.3 Å². The van der Waals surface area contributed by atoms with E-state index in [1.54, 1.807) is 18.3 Å². The number of hydrogen-bond acceptors (Lipinski definition) is 6. The highest BCUT2D eigenvalue weighted by atomic mass is 35.5. The topological polar surface area (TPSA) is 54.9 Å². The second-order valence-electron chi connectivity index (χ2n) is 6.39. The van der Waals surface area contributed by atoms with Gasteiger partial charge in [-0.3, -0.25) is 4.79 Å². The zero-order valence-corrected chi connectivity index (χ0v) is 20.5. The van der Waals surface area contributed by atoms with Gasteiger partial charge in [0.2, 0.25) is 5.91 Å². The van der Waals surface area contributed by atoms with Crippen molar-refractivity contribution in [1.29, 1.82) is 0 Å². The third-order valence-corrected chi connectivity index (χ3v) is 7.91. The molecule has 2 aromatic heterocycles. The van der Waals surface area contributed by atoms with Crippen LogP contribution in [0, 0.1) is 0 Å². The number of thioether (sulfide) groups is 1. The van der Waals surface area contributed by atoms with Gasteiger partial charge in [-0.25, -0.2) is 9.97 Å². The molecule has 158 valence electrons. The number of amides is 1. The van der Waals surface area contributed by atoms with Gasteiger partial charge >= 0.3 is 0 Å². The van der Waals surface area contributed by atoms with Crippen LogP contribution < -0.4 is 5.32 Å². The number of thiazole rings is 2. The summed E-state index contributed by atoms with van der Waals surface area (Å²) >= 11 is 22.5. The third kappa shape index (κ3) is 6.22. The Labute approximate surface area is 206 Å². The Morgan fingerprint density at radius 3 is 2.65 bits per heavy atom. The molecule has 4 nitrogen and oxygen atoms in total. The molecule has 0 spiro atoms. The highest BCUT2D eigenvalue weighted by Gasteiger charge is 2.11. The van der Waals surface area contributed by atoms with Crippen LogP contribution in [0.3, 0.4) is 0 Å². The first kappa shape index (κ1) is 22.6. The minimum atomic E-state index is -0.130. The number of nitrogens with zero attached hydrogens (tertiary/aromatic N) is 2. The van der Waals surface area contributed by atoms with Gasteiger partial charge in [-0.15, -0.1) is 22.7 Å². The molecular weight excluding hydrogens is 513 g/mol. The van der Waals surface area contributed by atoms with Crippen molar-refractivity contribution in [2.75, 3.05) is 11.1 Å². The van der Waals surface area contributed by atoms with Gasteiger partial charge in [-0.1, -0.05) is 58.7 Å². The molecule has 0 aliphatic heterocycles. The van der Waals surface area contributed by atoms with Crippen LogP contribution in [0.1, 0.15) is 10.4 Å². The number of rotatable bonds is 7. The number of carbonyl (C=O) groups excluding carboxylic acids is 1. The average Bonchev–Trinajstić information content (AvgIpc) is 3.39. The van der Waals surface area contributed by atoms with Crippen molar-refractivity contribution in [2.24, 2.45) is 0 Å².